The van der Waals surface area contributed by atoms with Crippen molar-refractivity contribution < 1.29 is 8.42 Å². The first-order chi connectivity index (χ1) is 9.83. The molecule has 1 heterocycles. The average molecular weight is 322 g/mol. The number of aryl methyl sites for hydroxylation is 1. The molecule has 0 radical (unpaired) electrons. The first kappa shape index (κ1) is 15.4. The summed E-state index contributed by atoms with van der Waals surface area (Å²) in [5.74, 6) is 2.08. The number of nitrogens with zero attached hydrogens (tertiary/aromatic N) is 2. The zero-order valence-electron chi connectivity index (χ0n) is 11.4. The van der Waals surface area contributed by atoms with Gasteiger partial charge in [0, 0.05) is 17.1 Å². The number of sulfonamides is 1. The molecule has 0 spiro atoms. The summed E-state index contributed by atoms with van der Waals surface area (Å²) in [6, 6.07) is 4.36. The van der Waals surface area contributed by atoms with Gasteiger partial charge in [0.1, 0.15) is 11.4 Å². The Kier molecular flexibility index (Phi) is 4.23. The van der Waals surface area contributed by atoms with Crippen LogP contribution in [-0.4, -0.2) is 26.2 Å². The third-order valence-electron chi connectivity index (χ3n) is 2.77. The Hall–Kier alpha value is -2.01. The number of hydrogen-bond donors (Lipinski definition) is 1. The fourth-order valence-corrected chi connectivity index (χ4v) is 2.87. The Labute approximate surface area is 128 Å². The summed E-state index contributed by atoms with van der Waals surface area (Å²) in [4.78, 5) is 3.97. The molecule has 7 heteroatoms. The molecule has 0 fully saturated rings. The van der Waals surface area contributed by atoms with Gasteiger partial charge in [-0.2, -0.15) is 12.8 Å². The second kappa shape index (κ2) is 5.77. The number of nitrogens with one attached hydrogen (secondary N) is 1. The number of aliphatic imine (C=N–C) groups is 1. The lowest BCUT2D eigenvalue weighted by Crippen LogP contribution is -2.09. The quantitative estimate of drug-likeness (QED) is 0.849. The fourth-order valence-electron chi connectivity index (χ4n) is 1.68. The SMILES string of the molecule is CC1=C/C(=N\S(=O)(=O)c2ccc(Cl)c(C)c2)C(=C=N)N=C1. The van der Waals surface area contributed by atoms with Crippen LogP contribution in [0.5, 0.6) is 0 Å². The van der Waals surface area contributed by atoms with Crippen molar-refractivity contribution in [2.24, 2.45) is 9.39 Å². The van der Waals surface area contributed by atoms with E-state index in [0.717, 1.165) is 5.57 Å². The third-order valence-corrected chi connectivity index (χ3v) is 4.48. The van der Waals surface area contributed by atoms with Gasteiger partial charge in [0.2, 0.25) is 0 Å². The van der Waals surface area contributed by atoms with Crippen LogP contribution < -0.4 is 0 Å². The van der Waals surface area contributed by atoms with Gasteiger partial charge in [0.25, 0.3) is 10.0 Å². The minimum atomic E-state index is -3.90. The Bertz CT molecular complexity index is 845. The first-order valence-corrected chi connectivity index (χ1v) is 7.79. The number of benzene rings is 1. The standard InChI is InChI=1S/C14H12ClN3O2S/c1-9-5-13(14(7-16)17-8-9)18-21(19,20)11-3-4-12(15)10(2)6-11/h3-6,8,16H,1-2H3/b18-13+. The van der Waals surface area contributed by atoms with Gasteiger partial charge in [-0.05, 0) is 49.3 Å². The number of dihydropyridines is 1. The lowest BCUT2D eigenvalue weighted by molar-refractivity contribution is 0.598. The molecule has 0 saturated heterocycles. The molecule has 0 aromatic heterocycles. The Morgan fingerprint density at radius 3 is 2.67 bits per heavy atom. The zero-order chi connectivity index (χ0) is 15.6. The maximum atomic E-state index is 12.3. The lowest BCUT2D eigenvalue weighted by atomic mass is 10.1. The number of allylic oxidation sites excluding steroid dienone is 2. The van der Waals surface area contributed by atoms with Crippen molar-refractivity contribution in [1.82, 2.24) is 0 Å². The number of halogens is 1. The second-order valence-corrected chi connectivity index (χ2v) is 6.49. The van der Waals surface area contributed by atoms with E-state index in [-0.39, 0.29) is 16.3 Å². The van der Waals surface area contributed by atoms with Crippen LogP contribution in [0.25, 0.3) is 0 Å². The van der Waals surface area contributed by atoms with Crippen LogP contribution in [0.4, 0.5) is 0 Å². The van der Waals surface area contributed by atoms with Gasteiger partial charge in [-0.15, -0.1) is 0 Å². The molecule has 108 valence electrons. The molecule has 0 atom stereocenters. The maximum Gasteiger partial charge on any atom is 0.282 e. The van der Waals surface area contributed by atoms with Crippen LogP contribution in [0.1, 0.15) is 12.5 Å². The molecule has 1 aliphatic heterocycles. The van der Waals surface area contributed by atoms with Crippen LogP contribution in [0.15, 0.2) is 49.8 Å². The average Bonchev–Trinajstić information content (AvgIpc) is 2.41. The molecule has 0 aliphatic carbocycles. The molecule has 1 N–H and O–H groups in total. The van der Waals surface area contributed by atoms with E-state index >= 15 is 0 Å². The highest BCUT2D eigenvalue weighted by Crippen LogP contribution is 2.22. The van der Waals surface area contributed by atoms with E-state index in [9.17, 15) is 8.42 Å². The van der Waals surface area contributed by atoms with E-state index in [1.54, 1.807) is 19.9 Å². The molecular weight excluding hydrogens is 310 g/mol. The third kappa shape index (κ3) is 3.36. The molecule has 21 heavy (non-hydrogen) atoms. The van der Waals surface area contributed by atoms with Gasteiger partial charge in [0.15, 0.2) is 0 Å². The maximum absolute atomic E-state index is 12.3. The monoisotopic (exact) mass is 321 g/mol. The molecule has 5 nitrogen and oxygen atoms in total. The summed E-state index contributed by atoms with van der Waals surface area (Å²) >= 11 is 5.89. The van der Waals surface area contributed by atoms with Gasteiger partial charge in [-0.25, -0.2) is 4.99 Å². The summed E-state index contributed by atoms with van der Waals surface area (Å²) in [6.07, 6.45) is 3.07. The van der Waals surface area contributed by atoms with Crippen molar-refractivity contribution in [2.75, 3.05) is 0 Å². The van der Waals surface area contributed by atoms with E-state index in [2.05, 4.69) is 15.3 Å². The molecule has 0 unspecified atom stereocenters. The molecule has 1 aliphatic rings. The predicted molar refractivity (Wildman–Crippen MR) is 84.3 cm³/mol. The summed E-state index contributed by atoms with van der Waals surface area (Å²) in [5.41, 5.74) is 1.57. The summed E-state index contributed by atoms with van der Waals surface area (Å²) in [6.45, 7) is 3.48. The van der Waals surface area contributed by atoms with Crippen molar-refractivity contribution in [1.29, 1.82) is 5.41 Å². The van der Waals surface area contributed by atoms with Crippen LogP contribution in [0, 0.1) is 12.3 Å². The second-order valence-electron chi connectivity index (χ2n) is 4.48. The first-order valence-electron chi connectivity index (χ1n) is 5.97. The largest absolute Gasteiger partial charge is 0.282 e. The summed E-state index contributed by atoms with van der Waals surface area (Å²) < 4.78 is 28.4. The van der Waals surface area contributed by atoms with E-state index in [0.29, 0.717) is 10.6 Å². The summed E-state index contributed by atoms with van der Waals surface area (Å²) in [7, 11) is -3.90. The highest BCUT2D eigenvalue weighted by atomic mass is 35.5. The molecule has 1 aromatic carbocycles. The number of hydrogen-bond acceptors (Lipinski definition) is 4. The lowest BCUT2D eigenvalue weighted by Gasteiger charge is -2.07. The zero-order valence-corrected chi connectivity index (χ0v) is 13.0. The normalized spacial score (nSPS) is 16.8. The van der Waals surface area contributed by atoms with Crippen molar-refractivity contribution in [3.8, 4) is 0 Å². The van der Waals surface area contributed by atoms with Crippen molar-refractivity contribution in [2.45, 2.75) is 18.7 Å². The molecular formula is C14H12ClN3O2S. The van der Waals surface area contributed by atoms with E-state index in [4.69, 9.17) is 17.0 Å². The predicted octanol–water partition coefficient (Wildman–Crippen LogP) is 2.94. The Morgan fingerprint density at radius 2 is 2.05 bits per heavy atom. The van der Waals surface area contributed by atoms with Crippen LogP contribution in [-0.2, 0) is 10.0 Å². The van der Waals surface area contributed by atoms with E-state index < -0.39 is 10.0 Å². The van der Waals surface area contributed by atoms with E-state index in [1.807, 2.05) is 0 Å². The molecule has 0 bridgehead atoms. The van der Waals surface area contributed by atoms with Crippen LogP contribution in [0.3, 0.4) is 0 Å². The van der Waals surface area contributed by atoms with Crippen LogP contribution >= 0.6 is 11.6 Å². The van der Waals surface area contributed by atoms with Crippen molar-refractivity contribution in [3.63, 3.8) is 0 Å². The van der Waals surface area contributed by atoms with Gasteiger partial charge in [-0.1, -0.05) is 11.6 Å². The minimum absolute atomic E-state index is 0.0434. The molecule has 2 rings (SSSR count). The van der Waals surface area contributed by atoms with Gasteiger partial charge >= 0.3 is 0 Å². The Balaban J connectivity index is 2.54. The summed E-state index contributed by atoms with van der Waals surface area (Å²) in [5, 5.41) is 7.63. The van der Waals surface area contributed by atoms with E-state index in [1.165, 1.54) is 24.4 Å². The molecule has 0 amide bonds. The highest BCUT2D eigenvalue weighted by Gasteiger charge is 2.18. The highest BCUT2D eigenvalue weighted by molar-refractivity contribution is 7.90. The van der Waals surface area contributed by atoms with Gasteiger partial charge in [-0.3, -0.25) is 5.41 Å². The fraction of sp³-hybridized carbons (Fsp3) is 0.143. The number of rotatable bonds is 2. The molecule has 0 saturated carbocycles. The van der Waals surface area contributed by atoms with Gasteiger partial charge in [0.05, 0.1) is 4.90 Å². The van der Waals surface area contributed by atoms with Crippen molar-refractivity contribution >= 4 is 39.4 Å². The minimum Gasteiger partial charge on any atom is -0.257 e. The topological polar surface area (TPSA) is 82.7 Å². The smallest absolute Gasteiger partial charge is 0.257 e. The van der Waals surface area contributed by atoms with Crippen molar-refractivity contribution in [3.05, 3.63) is 46.1 Å². The van der Waals surface area contributed by atoms with Crippen LogP contribution in [0.2, 0.25) is 5.02 Å². The molecule has 1 aromatic rings. The Morgan fingerprint density at radius 1 is 1.33 bits per heavy atom. The van der Waals surface area contributed by atoms with Gasteiger partial charge < -0.3 is 0 Å².